The number of benzene rings is 1. The number of ketones is 1. The van der Waals surface area contributed by atoms with E-state index in [1.807, 2.05) is 12.1 Å². The minimum Gasteiger partial charge on any atom is -0.504 e. The van der Waals surface area contributed by atoms with Crippen LogP contribution in [0.25, 0.3) is 0 Å². The zero-order chi connectivity index (χ0) is 16.7. The topological polar surface area (TPSA) is 70.0 Å². The Kier molecular flexibility index (Phi) is 2.66. The summed E-state index contributed by atoms with van der Waals surface area (Å²) in [4.78, 5) is 14.9. The molecule has 1 saturated carbocycles. The van der Waals surface area contributed by atoms with Gasteiger partial charge in [0.1, 0.15) is 0 Å². The summed E-state index contributed by atoms with van der Waals surface area (Å²) in [5.74, 6) is 0.528. The molecule has 1 aromatic carbocycles. The Morgan fingerprint density at radius 2 is 2.25 bits per heavy atom. The first-order valence-corrected chi connectivity index (χ1v) is 8.65. The minimum absolute atomic E-state index is 0.0408. The highest BCUT2D eigenvalue weighted by Crippen LogP contribution is 2.64. The van der Waals surface area contributed by atoms with Crippen molar-refractivity contribution in [3.05, 3.63) is 35.9 Å². The standard InChI is InChI=1S/C19H21NO4/c1-2-8-20-9-7-18-15-11-3-4-12(21)16(15)24-17(18)13(22)5-6-19(18,23)14(20)10-11/h2-4,14,17,21,23H,1,5-10H2/t14?,17?,18?,19-/m1/s1. The van der Waals surface area contributed by atoms with E-state index in [0.717, 1.165) is 24.2 Å². The molecule has 4 aliphatic rings. The number of carbonyl (C=O) groups excluding carboxylic acids is 1. The lowest BCUT2D eigenvalue weighted by Crippen LogP contribution is -2.76. The SMILES string of the molecule is C=CCN1CCC23c4c5ccc(O)c4OC2C(=O)CC[C@@]3(O)C1C5. The molecule has 24 heavy (non-hydrogen) atoms. The zero-order valence-corrected chi connectivity index (χ0v) is 13.5. The maximum Gasteiger partial charge on any atom is 0.174 e. The second kappa shape index (κ2) is 4.41. The number of phenols is 1. The number of phenolic OH excluding ortho intramolecular Hbond substituents is 1. The van der Waals surface area contributed by atoms with E-state index < -0.39 is 17.1 Å². The fourth-order valence-electron chi connectivity index (χ4n) is 5.80. The summed E-state index contributed by atoms with van der Waals surface area (Å²) in [6.45, 7) is 5.36. The number of rotatable bonds is 2. The van der Waals surface area contributed by atoms with Crippen LogP contribution in [0.4, 0.5) is 0 Å². The third-order valence-electron chi connectivity index (χ3n) is 6.73. The van der Waals surface area contributed by atoms with Crippen LogP contribution in [0, 0.1) is 0 Å². The normalized spacial score (nSPS) is 39.3. The molecule has 0 radical (unpaired) electrons. The summed E-state index contributed by atoms with van der Waals surface area (Å²) in [6, 6.07) is 3.52. The summed E-state index contributed by atoms with van der Waals surface area (Å²) < 4.78 is 5.98. The Hall–Kier alpha value is -1.85. The van der Waals surface area contributed by atoms with Crippen LogP contribution in [-0.2, 0) is 16.6 Å². The van der Waals surface area contributed by atoms with Gasteiger partial charge in [0.15, 0.2) is 23.4 Å². The van der Waals surface area contributed by atoms with Gasteiger partial charge in [-0.05, 0) is 30.9 Å². The number of piperidine rings is 1. The fraction of sp³-hybridized carbons (Fsp3) is 0.526. The average molecular weight is 327 g/mol. The van der Waals surface area contributed by atoms with Crippen molar-refractivity contribution >= 4 is 5.78 Å². The summed E-state index contributed by atoms with van der Waals surface area (Å²) in [6.07, 6.45) is 3.35. The molecule has 2 N–H and O–H groups in total. The van der Waals surface area contributed by atoms with Crippen LogP contribution < -0.4 is 4.74 Å². The molecule has 126 valence electrons. The highest BCUT2D eigenvalue weighted by atomic mass is 16.5. The minimum atomic E-state index is -1.00. The van der Waals surface area contributed by atoms with Crippen molar-refractivity contribution < 1.29 is 19.7 Å². The highest BCUT2D eigenvalue weighted by Gasteiger charge is 2.72. The van der Waals surface area contributed by atoms with Crippen molar-refractivity contribution in [3.8, 4) is 11.5 Å². The maximum atomic E-state index is 12.6. The van der Waals surface area contributed by atoms with Gasteiger partial charge in [-0.25, -0.2) is 0 Å². The molecule has 4 atom stereocenters. The van der Waals surface area contributed by atoms with Gasteiger partial charge in [0.25, 0.3) is 0 Å². The number of carbonyl (C=O) groups is 1. The van der Waals surface area contributed by atoms with Crippen LogP contribution in [0.3, 0.4) is 0 Å². The predicted molar refractivity (Wildman–Crippen MR) is 87.3 cm³/mol. The van der Waals surface area contributed by atoms with Gasteiger partial charge < -0.3 is 14.9 Å². The third kappa shape index (κ3) is 1.38. The molecule has 2 bridgehead atoms. The molecule has 3 unspecified atom stereocenters. The molecular weight excluding hydrogens is 306 g/mol. The van der Waals surface area contributed by atoms with Gasteiger partial charge in [0.2, 0.25) is 0 Å². The van der Waals surface area contributed by atoms with E-state index in [4.69, 9.17) is 4.74 Å². The molecule has 0 amide bonds. The molecule has 1 spiro atoms. The van der Waals surface area contributed by atoms with E-state index in [1.165, 1.54) is 0 Å². The predicted octanol–water partition coefficient (Wildman–Crippen LogP) is 1.30. The third-order valence-corrected chi connectivity index (χ3v) is 6.73. The molecule has 2 heterocycles. The molecule has 2 aliphatic heterocycles. The molecule has 0 aromatic heterocycles. The fourth-order valence-corrected chi connectivity index (χ4v) is 5.80. The molecule has 2 aliphatic carbocycles. The Morgan fingerprint density at radius 3 is 3.04 bits per heavy atom. The van der Waals surface area contributed by atoms with E-state index >= 15 is 0 Å². The average Bonchev–Trinajstić information content (AvgIpc) is 2.91. The van der Waals surface area contributed by atoms with Gasteiger partial charge in [-0.3, -0.25) is 9.69 Å². The second-order valence-corrected chi connectivity index (χ2v) is 7.56. The Balaban J connectivity index is 1.80. The van der Waals surface area contributed by atoms with Gasteiger partial charge in [-0.15, -0.1) is 6.58 Å². The quantitative estimate of drug-likeness (QED) is 0.802. The summed E-state index contributed by atoms with van der Waals surface area (Å²) in [5.41, 5.74) is 0.256. The van der Waals surface area contributed by atoms with Gasteiger partial charge in [0.05, 0.1) is 11.0 Å². The van der Waals surface area contributed by atoms with Gasteiger partial charge in [0, 0.05) is 31.1 Å². The Bertz CT molecular complexity index is 775. The smallest absolute Gasteiger partial charge is 0.174 e. The molecule has 1 saturated heterocycles. The lowest BCUT2D eigenvalue weighted by Gasteiger charge is -2.62. The van der Waals surface area contributed by atoms with Crippen LogP contribution in [0.2, 0.25) is 0 Å². The zero-order valence-electron chi connectivity index (χ0n) is 13.5. The molecular formula is C19H21NO4. The van der Waals surface area contributed by atoms with E-state index in [-0.39, 0.29) is 17.6 Å². The van der Waals surface area contributed by atoms with Crippen LogP contribution in [-0.4, -0.2) is 51.7 Å². The first-order chi connectivity index (χ1) is 11.5. The Morgan fingerprint density at radius 1 is 1.42 bits per heavy atom. The summed E-state index contributed by atoms with van der Waals surface area (Å²) in [5, 5.41) is 22.1. The van der Waals surface area contributed by atoms with E-state index in [2.05, 4.69) is 11.5 Å². The Labute approximate surface area is 140 Å². The van der Waals surface area contributed by atoms with Gasteiger partial charge >= 0.3 is 0 Å². The van der Waals surface area contributed by atoms with Crippen molar-refractivity contribution in [3.63, 3.8) is 0 Å². The van der Waals surface area contributed by atoms with Crippen molar-refractivity contribution in [2.75, 3.05) is 13.1 Å². The number of hydrogen-bond donors (Lipinski definition) is 2. The number of likely N-dealkylation sites (tertiary alicyclic amines) is 1. The lowest BCUT2D eigenvalue weighted by atomic mass is 9.49. The van der Waals surface area contributed by atoms with Crippen molar-refractivity contribution in [2.45, 2.75) is 48.8 Å². The number of Topliss-reactive ketones (excluding diaryl/α,β-unsaturated/α-hetero) is 1. The summed E-state index contributed by atoms with van der Waals surface area (Å²) in [7, 11) is 0. The number of ether oxygens (including phenoxy) is 1. The van der Waals surface area contributed by atoms with E-state index in [9.17, 15) is 15.0 Å². The first kappa shape index (κ1) is 14.5. The first-order valence-electron chi connectivity index (χ1n) is 8.65. The number of hydrogen-bond acceptors (Lipinski definition) is 5. The van der Waals surface area contributed by atoms with Crippen LogP contribution in [0.5, 0.6) is 11.5 Å². The van der Waals surface area contributed by atoms with Crippen molar-refractivity contribution in [1.82, 2.24) is 4.90 Å². The van der Waals surface area contributed by atoms with E-state index in [1.54, 1.807) is 6.07 Å². The number of aromatic hydroxyl groups is 1. The molecule has 1 aromatic rings. The summed E-state index contributed by atoms with van der Waals surface area (Å²) >= 11 is 0. The van der Waals surface area contributed by atoms with Crippen molar-refractivity contribution in [2.24, 2.45) is 0 Å². The molecule has 5 rings (SSSR count). The van der Waals surface area contributed by atoms with Gasteiger partial charge in [-0.1, -0.05) is 12.1 Å². The highest BCUT2D eigenvalue weighted by molar-refractivity contribution is 5.90. The molecule has 5 nitrogen and oxygen atoms in total. The number of aliphatic hydroxyl groups is 1. The lowest BCUT2D eigenvalue weighted by molar-refractivity contribution is -0.187. The van der Waals surface area contributed by atoms with Crippen LogP contribution in [0.15, 0.2) is 24.8 Å². The second-order valence-electron chi connectivity index (χ2n) is 7.56. The molecule has 5 heteroatoms. The maximum absolute atomic E-state index is 12.6. The molecule has 2 fully saturated rings. The van der Waals surface area contributed by atoms with Crippen molar-refractivity contribution in [1.29, 1.82) is 0 Å². The largest absolute Gasteiger partial charge is 0.504 e. The van der Waals surface area contributed by atoms with Gasteiger partial charge in [-0.2, -0.15) is 0 Å². The monoisotopic (exact) mass is 327 g/mol. The number of nitrogens with zero attached hydrogens (tertiary/aromatic N) is 1. The van der Waals surface area contributed by atoms with Crippen LogP contribution >= 0.6 is 0 Å². The van der Waals surface area contributed by atoms with Crippen LogP contribution in [0.1, 0.15) is 30.4 Å². The van der Waals surface area contributed by atoms with E-state index in [0.29, 0.717) is 31.4 Å².